The highest BCUT2D eigenvalue weighted by Gasteiger charge is 2.41. The highest BCUT2D eigenvalue weighted by atomic mass is 19.1. The zero-order valence-corrected chi connectivity index (χ0v) is 21.1. The smallest absolute Gasteiger partial charge is 0.326 e. The summed E-state index contributed by atoms with van der Waals surface area (Å²) in [6, 6.07) is 9.75. The number of carbonyl (C=O) groups is 2. The fraction of sp³-hybridized carbons (Fsp3) is 0.500. The minimum Gasteiger partial charge on any atom is -0.493 e. The lowest BCUT2D eigenvalue weighted by atomic mass is 9.96. The van der Waals surface area contributed by atoms with E-state index in [4.69, 9.17) is 4.74 Å². The molecule has 0 radical (unpaired) electrons. The van der Waals surface area contributed by atoms with Gasteiger partial charge in [0.05, 0.1) is 18.7 Å². The first-order valence-electron chi connectivity index (χ1n) is 12.6. The highest BCUT2D eigenvalue weighted by Crippen LogP contribution is 2.32. The normalized spacial score (nSPS) is 21.3. The number of piperidine rings is 1. The molecule has 0 aliphatic carbocycles. The van der Waals surface area contributed by atoms with Gasteiger partial charge in [0.15, 0.2) is 0 Å². The first-order chi connectivity index (χ1) is 17.5. The molecule has 2 unspecified atom stereocenters. The number of nitrogens with zero attached hydrogens (tertiary/aromatic N) is 2. The van der Waals surface area contributed by atoms with Gasteiger partial charge >= 0.3 is 5.97 Å². The molecular weight excluding hydrogens is 485 g/mol. The predicted octanol–water partition coefficient (Wildman–Crippen LogP) is 4.97. The van der Waals surface area contributed by atoms with Crippen LogP contribution in [-0.2, 0) is 4.79 Å². The maximum atomic E-state index is 14.9. The van der Waals surface area contributed by atoms with Gasteiger partial charge in [-0.2, -0.15) is 0 Å². The number of amides is 1. The molecule has 2 saturated heterocycles. The molecule has 9 heteroatoms. The van der Waals surface area contributed by atoms with E-state index in [-0.39, 0.29) is 18.5 Å². The van der Waals surface area contributed by atoms with Crippen LogP contribution in [0.3, 0.4) is 0 Å². The Hall–Kier alpha value is -3.07. The Morgan fingerprint density at radius 2 is 1.78 bits per heavy atom. The van der Waals surface area contributed by atoms with E-state index in [0.717, 1.165) is 36.9 Å². The van der Waals surface area contributed by atoms with Crippen LogP contribution in [0.4, 0.5) is 13.2 Å². The van der Waals surface area contributed by atoms with Crippen LogP contribution < -0.4 is 4.74 Å². The van der Waals surface area contributed by atoms with Crippen molar-refractivity contribution < 1.29 is 32.6 Å². The molecule has 6 nitrogen and oxygen atoms in total. The van der Waals surface area contributed by atoms with E-state index >= 15 is 0 Å². The summed E-state index contributed by atoms with van der Waals surface area (Å²) in [6.07, 6.45) is 0.0657. The molecule has 2 aromatic carbocycles. The van der Waals surface area contributed by atoms with Crippen LogP contribution in [0.15, 0.2) is 42.5 Å². The van der Waals surface area contributed by atoms with Crippen molar-refractivity contribution in [1.82, 2.24) is 9.80 Å². The van der Waals surface area contributed by atoms with Gasteiger partial charge in [0, 0.05) is 13.0 Å². The second-order valence-electron chi connectivity index (χ2n) is 10.6. The van der Waals surface area contributed by atoms with Crippen LogP contribution in [0.5, 0.6) is 5.75 Å². The van der Waals surface area contributed by atoms with Crippen LogP contribution in [0.2, 0.25) is 0 Å². The molecular formula is C28H33F3N2O4. The molecule has 1 N–H and O–H groups in total. The molecule has 0 spiro atoms. The van der Waals surface area contributed by atoms with Gasteiger partial charge in [-0.05, 0) is 75.0 Å². The number of carboxylic acids is 1. The molecule has 2 heterocycles. The number of halogens is 3. The number of benzene rings is 2. The van der Waals surface area contributed by atoms with Gasteiger partial charge in [-0.15, -0.1) is 0 Å². The SMILES string of the molecule is CC(C)(F)CN1CCC(COc2ccc(-c3cccc(F)c3C(=O)N3CC(F)CC3C(=O)O)cc2)CC1. The second-order valence-corrected chi connectivity index (χ2v) is 10.6. The molecule has 2 aliphatic rings. The molecule has 37 heavy (non-hydrogen) atoms. The van der Waals surface area contributed by atoms with E-state index in [9.17, 15) is 27.9 Å². The summed E-state index contributed by atoms with van der Waals surface area (Å²) < 4.78 is 48.6. The maximum Gasteiger partial charge on any atom is 0.326 e. The minimum atomic E-state index is -1.47. The van der Waals surface area contributed by atoms with E-state index in [1.165, 1.54) is 6.07 Å². The zero-order chi connectivity index (χ0) is 26.7. The van der Waals surface area contributed by atoms with Crippen LogP contribution in [0.1, 0.15) is 43.5 Å². The summed E-state index contributed by atoms with van der Waals surface area (Å²) in [6.45, 7) is 5.42. The Bertz CT molecular complexity index is 1110. The fourth-order valence-electron chi connectivity index (χ4n) is 5.16. The Morgan fingerprint density at radius 1 is 1.11 bits per heavy atom. The number of alkyl halides is 2. The molecule has 0 bridgehead atoms. The van der Waals surface area contributed by atoms with Gasteiger partial charge in [-0.1, -0.05) is 24.3 Å². The van der Waals surface area contributed by atoms with Crippen molar-refractivity contribution in [2.75, 3.05) is 32.8 Å². The lowest BCUT2D eigenvalue weighted by Gasteiger charge is -2.34. The van der Waals surface area contributed by atoms with Gasteiger partial charge in [0.1, 0.15) is 29.4 Å². The number of rotatable bonds is 8. The van der Waals surface area contributed by atoms with Gasteiger partial charge in [-0.3, -0.25) is 4.79 Å². The zero-order valence-electron chi connectivity index (χ0n) is 21.1. The number of ether oxygens (including phenoxy) is 1. The first kappa shape index (κ1) is 27.0. The summed E-state index contributed by atoms with van der Waals surface area (Å²) in [5.74, 6) is -1.95. The molecule has 0 saturated carbocycles. The van der Waals surface area contributed by atoms with Crippen molar-refractivity contribution in [1.29, 1.82) is 0 Å². The lowest BCUT2D eigenvalue weighted by molar-refractivity contribution is -0.141. The Labute approximate surface area is 215 Å². The Kier molecular flexibility index (Phi) is 8.11. The summed E-state index contributed by atoms with van der Waals surface area (Å²) in [5.41, 5.74) is -0.634. The van der Waals surface area contributed by atoms with E-state index in [2.05, 4.69) is 4.90 Å². The Balaban J connectivity index is 1.42. The topological polar surface area (TPSA) is 70.1 Å². The number of hydrogen-bond donors (Lipinski definition) is 1. The van der Waals surface area contributed by atoms with E-state index < -0.39 is 35.6 Å². The predicted molar refractivity (Wildman–Crippen MR) is 134 cm³/mol. The molecule has 1 amide bonds. The van der Waals surface area contributed by atoms with Crippen molar-refractivity contribution in [3.05, 3.63) is 53.8 Å². The van der Waals surface area contributed by atoms with Gasteiger partial charge in [0.2, 0.25) is 0 Å². The van der Waals surface area contributed by atoms with Crippen molar-refractivity contribution in [3.8, 4) is 16.9 Å². The third-order valence-electron chi connectivity index (χ3n) is 6.98. The number of likely N-dealkylation sites (tertiary alicyclic amines) is 2. The number of aliphatic carboxylic acids is 1. The fourth-order valence-corrected chi connectivity index (χ4v) is 5.16. The lowest BCUT2D eigenvalue weighted by Crippen LogP contribution is -2.41. The van der Waals surface area contributed by atoms with Crippen LogP contribution in [0, 0.1) is 11.7 Å². The second kappa shape index (κ2) is 11.1. The van der Waals surface area contributed by atoms with Crippen molar-refractivity contribution in [3.63, 3.8) is 0 Å². The van der Waals surface area contributed by atoms with Gasteiger partial charge in [-0.25, -0.2) is 18.0 Å². The van der Waals surface area contributed by atoms with Crippen molar-refractivity contribution >= 4 is 11.9 Å². The van der Waals surface area contributed by atoms with Crippen LogP contribution in [-0.4, -0.2) is 77.5 Å². The van der Waals surface area contributed by atoms with Crippen molar-refractivity contribution in [2.24, 2.45) is 5.92 Å². The average molecular weight is 519 g/mol. The number of hydrogen-bond acceptors (Lipinski definition) is 4. The van der Waals surface area contributed by atoms with E-state index in [1.807, 2.05) is 0 Å². The monoisotopic (exact) mass is 518 g/mol. The molecule has 2 aromatic rings. The quantitative estimate of drug-likeness (QED) is 0.535. The Morgan fingerprint density at radius 3 is 2.41 bits per heavy atom. The van der Waals surface area contributed by atoms with Crippen LogP contribution in [0.25, 0.3) is 11.1 Å². The first-order valence-corrected chi connectivity index (χ1v) is 12.6. The summed E-state index contributed by atoms with van der Waals surface area (Å²) in [5, 5.41) is 9.40. The third kappa shape index (κ3) is 6.63. The summed E-state index contributed by atoms with van der Waals surface area (Å²) >= 11 is 0. The van der Waals surface area contributed by atoms with E-state index in [1.54, 1.807) is 44.2 Å². The largest absolute Gasteiger partial charge is 0.493 e. The number of carbonyl (C=O) groups excluding carboxylic acids is 1. The summed E-state index contributed by atoms with van der Waals surface area (Å²) in [4.78, 5) is 27.7. The molecule has 200 valence electrons. The van der Waals surface area contributed by atoms with Crippen molar-refractivity contribution in [2.45, 2.75) is 51.0 Å². The van der Waals surface area contributed by atoms with Crippen LogP contribution >= 0.6 is 0 Å². The molecule has 2 aliphatic heterocycles. The highest BCUT2D eigenvalue weighted by molar-refractivity contribution is 6.03. The third-order valence-corrected chi connectivity index (χ3v) is 6.98. The van der Waals surface area contributed by atoms with Gasteiger partial charge < -0.3 is 19.6 Å². The number of carboxylic acid groups (broad SMARTS) is 1. The minimum absolute atomic E-state index is 0.278. The molecule has 4 rings (SSSR count). The van der Waals surface area contributed by atoms with E-state index in [0.29, 0.717) is 35.9 Å². The molecule has 2 fully saturated rings. The summed E-state index contributed by atoms with van der Waals surface area (Å²) in [7, 11) is 0. The molecule has 0 aromatic heterocycles. The average Bonchev–Trinajstić information content (AvgIpc) is 3.24. The van der Waals surface area contributed by atoms with Gasteiger partial charge in [0.25, 0.3) is 5.91 Å². The maximum absolute atomic E-state index is 14.9. The molecule has 2 atom stereocenters. The standard InChI is InChI=1S/C28H33F3N2O4/c1-28(2,31)17-32-12-10-18(11-13-32)16-37-21-8-6-19(7-9-21)22-4-3-5-23(30)25(22)26(34)33-15-20(29)14-24(33)27(35)36/h3-9,18,20,24H,10-17H2,1-2H3,(H,35,36).